The molecule has 158 valence electrons. The van der Waals surface area contributed by atoms with E-state index in [9.17, 15) is 4.79 Å². The molecule has 0 amide bonds. The topological polar surface area (TPSA) is 90.6 Å². The first-order chi connectivity index (χ1) is 15.1. The molecule has 0 radical (unpaired) electrons. The van der Waals surface area contributed by atoms with Gasteiger partial charge in [-0.25, -0.2) is 0 Å². The molecule has 4 rings (SSSR count). The Morgan fingerprint density at radius 3 is 2.77 bits per heavy atom. The van der Waals surface area contributed by atoms with Crippen LogP contribution in [0.4, 0.5) is 5.82 Å². The van der Waals surface area contributed by atoms with Crippen molar-refractivity contribution in [3.8, 4) is 11.5 Å². The third kappa shape index (κ3) is 4.98. The minimum atomic E-state index is -0.295. The summed E-state index contributed by atoms with van der Waals surface area (Å²) < 4.78 is 12.4. The Labute approximate surface area is 179 Å². The third-order valence-corrected chi connectivity index (χ3v) is 4.76. The molecule has 0 spiro atoms. The fourth-order valence-corrected chi connectivity index (χ4v) is 3.14. The van der Waals surface area contributed by atoms with Crippen molar-refractivity contribution in [2.75, 3.05) is 12.4 Å². The van der Waals surface area contributed by atoms with Crippen LogP contribution in [0.25, 0.3) is 5.65 Å². The third-order valence-electron chi connectivity index (χ3n) is 4.76. The van der Waals surface area contributed by atoms with E-state index in [0.717, 1.165) is 22.6 Å². The van der Waals surface area contributed by atoms with Crippen molar-refractivity contribution in [1.82, 2.24) is 19.8 Å². The molecule has 0 fully saturated rings. The van der Waals surface area contributed by atoms with Gasteiger partial charge in [0.15, 0.2) is 11.5 Å². The van der Waals surface area contributed by atoms with Crippen LogP contribution in [0.1, 0.15) is 23.4 Å². The molecule has 2 aromatic heterocycles. The molecule has 0 bridgehead atoms. The molecule has 8 nitrogen and oxygen atoms in total. The summed E-state index contributed by atoms with van der Waals surface area (Å²) in [5.74, 6) is 2.55. The van der Waals surface area contributed by atoms with Gasteiger partial charge in [-0.05, 0) is 42.8 Å². The molecular formula is C23H23N5O3. The number of fused-ring (bicyclic) bond motifs is 1. The number of benzene rings is 2. The number of para-hydroxylation sites is 1. The molecule has 0 unspecified atom stereocenters. The summed E-state index contributed by atoms with van der Waals surface area (Å²) >= 11 is 0. The molecule has 1 N–H and O–H groups in total. The standard InChI is InChI=1S/C23H23N5O3/c1-16-6-5-8-18(14-16)31-19-9-4-3-7-17(19)15-24-20-10-11-21-25-26-22(28(21)27-20)12-13-23(29)30-2/h3-11,14H,12-13,15H2,1-2H3,(H,24,27). The van der Waals surface area contributed by atoms with Gasteiger partial charge in [-0.3, -0.25) is 4.79 Å². The Morgan fingerprint density at radius 2 is 1.94 bits per heavy atom. The Kier molecular flexibility index (Phi) is 6.07. The molecule has 2 aromatic carbocycles. The van der Waals surface area contributed by atoms with Gasteiger partial charge < -0.3 is 14.8 Å². The van der Waals surface area contributed by atoms with Crippen molar-refractivity contribution in [3.05, 3.63) is 77.6 Å². The second kappa shape index (κ2) is 9.25. The molecular weight excluding hydrogens is 394 g/mol. The van der Waals surface area contributed by atoms with E-state index < -0.39 is 0 Å². The van der Waals surface area contributed by atoms with E-state index in [4.69, 9.17) is 9.47 Å². The van der Waals surface area contributed by atoms with Gasteiger partial charge in [0, 0.05) is 18.5 Å². The fourth-order valence-electron chi connectivity index (χ4n) is 3.14. The van der Waals surface area contributed by atoms with Crippen molar-refractivity contribution in [2.24, 2.45) is 0 Å². The molecule has 0 aliphatic carbocycles. The van der Waals surface area contributed by atoms with Crippen molar-refractivity contribution in [1.29, 1.82) is 0 Å². The predicted octanol–water partition coefficient (Wildman–Crippen LogP) is 3.94. The number of aromatic nitrogens is 4. The molecule has 0 saturated heterocycles. The summed E-state index contributed by atoms with van der Waals surface area (Å²) in [6, 6.07) is 19.5. The lowest BCUT2D eigenvalue weighted by atomic mass is 10.2. The maximum Gasteiger partial charge on any atom is 0.305 e. The Bertz CT molecular complexity index is 1200. The second-order valence-electron chi connectivity index (χ2n) is 7.06. The highest BCUT2D eigenvalue weighted by Crippen LogP contribution is 2.26. The number of hydrogen-bond acceptors (Lipinski definition) is 7. The second-order valence-corrected chi connectivity index (χ2v) is 7.06. The summed E-state index contributed by atoms with van der Waals surface area (Å²) in [6.45, 7) is 2.56. The van der Waals surface area contributed by atoms with E-state index in [1.807, 2.05) is 67.6 Å². The summed E-state index contributed by atoms with van der Waals surface area (Å²) in [6.07, 6.45) is 0.623. The van der Waals surface area contributed by atoms with Gasteiger partial charge in [0.2, 0.25) is 0 Å². The Morgan fingerprint density at radius 1 is 1.06 bits per heavy atom. The van der Waals surface area contributed by atoms with Crippen molar-refractivity contribution >= 4 is 17.4 Å². The lowest BCUT2D eigenvalue weighted by Crippen LogP contribution is -2.08. The van der Waals surface area contributed by atoms with E-state index in [1.54, 1.807) is 4.52 Å². The fraction of sp³-hybridized carbons (Fsp3) is 0.217. The number of aryl methyl sites for hydroxylation is 2. The number of rotatable bonds is 8. The van der Waals surface area contributed by atoms with Crippen LogP contribution >= 0.6 is 0 Å². The zero-order chi connectivity index (χ0) is 21.6. The number of nitrogens with one attached hydrogen (secondary N) is 1. The number of carbonyl (C=O) groups is 1. The zero-order valence-electron chi connectivity index (χ0n) is 17.4. The molecule has 2 heterocycles. The van der Waals surface area contributed by atoms with Crippen LogP contribution < -0.4 is 10.1 Å². The number of methoxy groups -OCH3 is 1. The SMILES string of the molecule is COC(=O)CCc1nnc2ccc(NCc3ccccc3Oc3cccc(C)c3)nn12. The average Bonchev–Trinajstić information content (AvgIpc) is 3.19. The first kappa shape index (κ1) is 20.3. The number of carbonyl (C=O) groups excluding carboxylic acids is 1. The first-order valence-corrected chi connectivity index (χ1v) is 9.97. The predicted molar refractivity (Wildman–Crippen MR) is 116 cm³/mol. The summed E-state index contributed by atoms with van der Waals surface area (Å²) in [5.41, 5.74) is 2.76. The van der Waals surface area contributed by atoms with Crippen LogP contribution in [0.3, 0.4) is 0 Å². The minimum Gasteiger partial charge on any atom is -0.469 e. The number of anilines is 1. The quantitative estimate of drug-likeness (QED) is 0.434. The van der Waals surface area contributed by atoms with Crippen LogP contribution in [0.5, 0.6) is 11.5 Å². The van der Waals surface area contributed by atoms with Crippen molar-refractivity contribution in [2.45, 2.75) is 26.3 Å². The smallest absolute Gasteiger partial charge is 0.305 e. The molecule has 0 saturated carbocycles. The number of nitrogens with zero attached hydrogens (tertiary/aromatic N) is 4. The van der Waals surface area contributed by atoms with Crippen molar-refractivity contribution in [3.63, 3.8) is 0 Å². The molecule has 0 atom stereocenters. The van der Waals surface area contributed by atoms with E-state index in [1.165, 1.54) is 7.11 Å². The highest BCUT2D eigenvalue weighted by atomic mass is 16.5. The number of esters is 1. The summed E-state index contributed by atoms with van der Waals surface area (Å²) in [4.78, 5) is 11.4. The van der Waals surface area contributed by atoms with Crippen LogP contribution in [-0.4, -0.2) is 32.9 Å². The number of hydrogen-bond donors (Lipinski definition) is 1. The zero-order valence-corrected chi connectivity index (χ0v) is 17.4. The minimum absolute atomic E-state index is 0.223. The van der Waals surface area contributed by atoms with E-state index in [-0.39, 0.29) is 12.4 Å². The van der Waals surface area contributed by atoms with Crippen LogP contribution in [0.15, 0.2) is 60.7 Å². The molecule has 0 aliphatic heterocycles. The highest BCUT2D eigenvalue weighted by molar-refractivity contribution is 5.69. The Hall–Kier alpha value is -3.94. The van der Waals surface area contributed by atoms with Gasteiger partial charge >= 0.3 is 5.97 Å². The lowest BCUT2D eigenvalue weighted by Gasteiger charge is -2.13. The highest BCUT2D eigenvalue weighted by Gasteiger charge is 2.11. The average molecular weight is 417 g/mol. The molecule has 31 heavy (non-hydrogen) atoms. The van der Waals surface area contributed by atoms with Gasteiger partial charge in [-0.1, -0.05) is 30.3 Å². The van der Waals surface area contributed by atoms with Crippen molar-refractivity contribution < 1.29 is 14.3 Å². The lowest BCUT2D eigenvalue weighted by molar-refractivity contribution is -0.140. The molecule has 4 aromatic rings. The van der Waals surface area contributed by atoms with Crippen LogP contribution in [0.2, 0.25) is 0 Å². The van der Waals surface area contributed by atoms with Gasteiger partial charge in [0.05, 0.1) is 13.5 Å². The van der Waals surface area contributed by atoms with E-state index in [2.05, 4.69) is 20.6 Å². The molecule has 8 heteroatoms. The van der Waals surface area contributed by atoms with Gasteiger partial charge in [0.25, 0.3) is 0 Å². The van der Waals surface area contributed by atoms with E-state index >= 15 is 0 Å². The number of ether oxygens (including phenoxy) is 2. The first-order valence-electron chi connectivity index (χ1n) is 9.97. The Balaban J connectivity index is 1.48. The van der Waals surface area contributed by atoms with Crippen LogP contribution in [0, 0.1) is 6.92 Å². The van der Waals surface area contributed by atoms with Gasteiger partial charge in [0.1, 0.15) is 17.3 Å². The molecule has 0 aliphatic rings. The van der Waals surface area contributed by atoms with E-state index in [0.29, 0.717) is 30.3 Å². The normalized spacial score (nSPS) is 10.8. The monoisotopic (exact) mass is 417 g/mol. The van der Waals surface area contributed by atoms with Gasteiger partial charge in [-0.2, -0.15) is 4.52 Å². The summed E-state index contributed by atoms with van der Waals surface area (Å²) in [5, 5.41) is 16.1. The maximum atomic E-state index is 11.4. The maximum absolute atomic E-state index is 11.4. The van der Waals surface area contributed by atoms with Gasteiger partial charge in [-0.15, -0.1) is 15.3 Å². The van der Waals surface area contributed by atoms with Crippen LogP contribution in [-0.2, 0) is 22.5 Å². The summed E-state index contributed by atoms with van der Waals surface area (Å²) in [7, 11) is 1.37. The largest absolute Gasteiger partial charge is 0.469 e.